The van der Waals surface area contributed by atoms with Gasteiger partial charge in [-0.15, -0.1) is 11.3 Å². The number of fused-ring (bicyclic) bond motifs is 1. The Hall–Kier alpha value is -3.20. The van der Waals surface area contributed by atoms with E-state index < -0.39 is 0 Å². The number of thiophene rings is 1. The SMILES string of the molecule is CCC(NC(=O)N1CC(=O)Nc2cc(C)cnc21)c1ccc(-n2cccn2)s1. The maximum Gasteiger partial charge on any atom is 0.324 e. The molecule has 1 aliphatic heterocycles. The van der Waals surface area contributed by atoms with Gasteiger partial charge in [0.25, 0.3) is 0 Å². The molecule has 1 unspecified atom stereocenters. The summed E-state index contributed by atoms with van der Waals surface area (Å²) in [5.74, 6) is 0.223. The molecule has 0 fully saturated rings. The van der Waals surface area contributed by atoms with Gasteiger partial charge in [0.1, 0.15) is 11.5 Å². The molecule has 144 valence electrons. The van der Waals surface area contributed by atoms with Crippen molar-refractivity contribution >= 4 is 34.8 Å². The Labute approximate surface area is 166 Å². The van der Waals surface area contributed by atoms with E-state index in [1.807, 2.05) is 44.3 Å². The lowest BCUT2D eigenvalue weighted by Crippen LogP contribution is -2.48. The second-order valence-electron chi connectivity index (χ2n) is 6.56. The summed E-state index contributed by atoms with van der Waals surface area (Å²) in [6.45, 7) is 3.84. The highest BCUT2D eigenvalue weighted by Gasteiger charge is 2.29. The Morgan fingerprint density at radius 2 is 2.29 bits per heavy atom. The molecule has 0 saturated carbocycles. The molecule has 1 atom stereocenters. The lowest BCUT2D eigenvalue weighted by atomic mass is 10.2. The first-order valence-electron chi connectivity index (χ1n) is 8.99. The van der Waals surface area contributed by atoms with Gasteiger partial charge >= 0.3 is 6.03 Å². The molecule has 8 nitrogen and oxygen atoms in total. The van der Waals surface area contributed by atoms with Crippen LogP contribution in [0.25, 0.3) is 5.00 Å². The minimum Gasteiger partial charge on any atom is -0.330 e. The average molecular weight is 396 g/mol. The van der Waals surface area contributed by atoms with Gasteiger partial charge in [-0.2, -0.15) is 5.10 Å². The number of carbonyl (C=O) groups is 2. The molecule has 4 rings (SSSR count). The number of rotatable bonds is 4. The quantitative estimate of drug-likeness (QED) is 0.708. The highest BCUT2D eigenvalue weighted by molar-refractivity contribution is 7.14. The monoisotopic (exact) mass is 396 g/mol. The summed E-state index contributed by atoms with van der Waals surface area (Å²) in [4.78, 5) is 31.8. The van der Waals surface area contributed by atoms with E-state index in [0.29, 0.717) is 11.5 Å². The van der Waals surface area contributed by atoms with Crippen molar-refractivity contribution in [3.05, 3.63) is 53.3 Å². The summed E-state index contributed by atoms with van der Waals surface area (Å²) in [5, 5.41) is 11.0. The molecule has 0 spiro atoms. The molecule has 0 bridgehead atoms. The van der Waals surface area contributed by atoms with Crippen molar-refractivity contribution in [2.75, 3.05) is 16.8 Å². The van der Waals surface area contributed by atoms with E-state index in [9.17, 15) is 9.59 Å². The summed E-state index contributed by atoms with van der Waals surface area (Å²) in [6.07, 6.45) is 6.01. The fraction of sp³-hybridized carbons (Fsp3) is 0.263. The molecule has 4 heterocycles. The topological polar surface area (TPSA) is 92.2 Å². The van der Waals surface area contributed by atoms with Gasteiger partial charge in [-0.1, -0.05) is 6.92 Å². The Morgan fingerprint density at radius 1 is 1.43 bits per heavy atom. The maximum absolute atomic E-state index is 13.0. The Kier molecular flexibility index (Phi) is 4.82. The van der Waals surface area contributed by atoms with Gasteiger partial charge in [0.05, 0.1) is 11.7 Å². The molecular formula is C19H20N6O2S. The van der Waals surface area contributed by atoms with Gasteiger partial charge in [-0.3, -0.25) is 9.69 Å². The van der Waals surface area contributed by atoms with Crippen LogP contribution in [0.3, 0.4) is 0 Å². The van der Waals surface area contributed by atoms with E-state index in [1.165, 1.54) is 4.90 Å². The molecule has 28 heavy (non-hydrogen) atoms. The Balaban J connectivity index is 1.55. The number of anilines is 2. The summed E-state index contributed by atoms with van der Waals surface area (Å²) in [5.41, 5.74) is 1.47. The number of nitrogens with zero attached hydrogens (tertiary/aromatic N) is 4. The minimum atomic E-state index is -0.339. The van der Waals surface area contributed by atoms with Crippen LogP contribution in [-0.4, -0.2) is 33.2 Å². The third-order valence-electron chi connectivity index (χ3n) is 4.47. The molecule has 0 saturated heterocycles. The fourth-order valence-corrected chi connectivity index (χ4v) is 4.18. The zero-order chi connectivity index (χ0) is 19.7. The number of hydrogen-bond acceptors (Lipinski definition) is 5. The van der Waals surface area contributed by atoms with Crippen LogP contribution in [0.5, 0.6) is 0 Å². The zero-order valence-electron chi connectivity index (χ0n) is 15.5. The summed E-state index contributed by atoms with van der Waals surface area (Å²) in [7, 11) is 0. The second kappa shape index (κ2) is 7.43. The molecule has 3 aromatic heterocycles. The first-order valence-corrected chi connectivity index (χ1v) is 9.81. The molecular weight excluding hydrogens is 376 g/mol. The molecule has 0 aromatic carbocycles. The van der Waals surface area contributed by atoms with Crippen molar-refractivity contribution in [2.45, 2.75) is 26.3 Å². The van der Waals surface area contributed by atoms with E-state index in [0.717, 1.165) is 21.9 Å². The number of pyridine rings is 1. The first-order chi connectivity index (χ1) is 13.5. The number of nitrogens with one attached hydrogen (secondary N) is 2. The number of aromatic nitrogens is 3. The van der Waals surface area contributed by atoms with E-state index >= 15 is 0 Å². The summed E-state index contributed by atoms with van der Waals surface area (Å²) < 4.78 is 1.79. The van der Waals surface area contributed by atoms with E-state index in [2.05, 4.69) is 20.7 Å². The van der Waals surface area contributed by atoms with Crippen LogP contribution in [0.2, 0.25) is 0 Å². The van der Waals surface area contributed by atoms with Gasteiger partial charge in [0.2, 0.25) is 5.91 Å². The molecule has 0 aliphatic carbocycles. The van der Waals surface area contributed by atoms with Crippen LogP contribution in [0, 0.1) is 6.92 Å². The first kappa shape index (κ1) is 18.2. The predicted molar refractivity (Wildman–Crippen MR) is 108 cm³/mol. The van der Waals surface area contributed by atoms with Crippen LogP contribution in [0.1, 0.15) is 29.8 Å². The summed E-state index contributed by atoms with van der Waals surface area (Å²) >= 11 is 1.57. The lowest BCUT2D eigenvalue weighted by Gasteiger charge is -2.29. The standard InChI is InChI=1S/C19H20N6O2S/c1-3-13(15-5-6-17(28-15)25-8-4-7-21-25)23-19(27)24-11-16(26)22-14-9-12(2)10-20-18(14)24/h4-10,13H,3,11H2,1-2H3,(H,22,26)(H,23,27). The van der Waals surface area contributed by atoms with Gasteiger partial charge in [-0.05, 0) is 43.2 Å². The molecule has 2 N–H and O–H groups in total. The highest BCUT2D eigenvalue weighted by Crippen LogP contribution is 2.30. The lowest BCUT2D eigenvalue weighted by molar-refractivity contribution is -0.115. The number of carbonyl (C=O) groups excluding carboxylic acids is 2. The van der Waals surface area contributed by atoms with Crippen molar-refractivity contribution in [3.63, 3.8) is 0 Å². The number of amides is 3. The third-order valence-corrected chi connectivity index (χ3v) is 5.66. The summed E-state index contributed by atoms with van der Waals surface area (Å²) in [6, 6.07) is 7.15. The van der Waals surface area contributed by atoms with Crippen LogP contribution in [0.4, 0.5) is 16.3 Å². The van der Waals surface area contributed by atoms with Gasteiger partial charge in [0, 0.05) is 23.5 Å². The second-order valence-corrected chi connectivity index (χ2v) is 7.65. The predicted octanol–water partition coefficient (Wildman–Crippen LogP) is 3.26. The normalized spacial score (nSPS) is 14.4. The van der Waals surface area contributed by atoms with Crippen molar-refractivity contribution in [1.29, 1.82) is 0 Å². The molecule has 9 heteroatoms. The Morgan fingerprint density at radius 3 is 3.04 bits per heavy atom. The van der Waals surface area contributed by atoms with Crippen LogP contribution < -0.4 is 15.5 Å². The van der Waals surface area contributed by atoms with Gasteiger partial charge in [0.15, 0.2) is 5.82 Å². The van der Waals surface area contributed by atoms with Gasteiger partial charge < -0.3 is 10.6 Å². The van der Waals surface area contributed by atoms with Crippen molar-refractivity contribution in [3.8, 4) is 5.00 Å². The van der Waals surface area contributed by atoms with Crippen molar-refractivity contribution < 1.29 is 9.59 Å². The van der Waals surface area contributed by atoms with E-state index in [4.69, 9.17) is 0 Å². The zero-order valence-corrected chi connectivity index (χ0v) is 16.4. The maximum atomic E-state index is 13.0. The third kappa shape index (κ3) is 3.48. The number of urea groups is 1. The smallest absolute Gasteiger partial charge is 0.324 e. The average Bonchev–Trinajstić information content (AvgIpc) is 3.36. The van der Waals surface area contributed by atoms with Gasteiger partial charge in [-0.25, -0.2) is 14.5 Å². The van der Waals surface area contributed by atoms with Crippen LogP contribution >= 0.6 is 11.3 Å². The molecule has 1 aliphatic rings. The van der Waals surface area contributed by atoms with E-state index in [1.54, 1.807) is 28.4 Å². The highest BCUT2D eigenvalue weighted by atomic mass is 32.1. The van der Waals surface area contributed by atoms with Crippen LogP contribution in [-0.2, 0) is 4.79 Å². The molecule has 3 aromatic rings. The van der Waals surface area contributed by atoms with Crippen molar-refractivity contribution in [1.82, 2.24) is 20.1 Å². The molecule has 0 radical (unpaired) electrons. The van der Waals surface area contributed by atoms with E-state index in [-0.39, 0.29) is 24.5 Å². The minimum absolute atomic E-state index is 0.0612. The number of aryl methyl sites for hydroxylation is 1. The van der Waals surface area contributed by atoms with Crippen molar-refractivity contribution in [2.24, 2.45) is 0 Å². The van der Waals surface area contributed by atoms with Crippen LogP contribution in [0.15, 0.2) is 42.9 Å². The number of hydrogen-bond donors (Lipinski definition) is 2. The largest absolute Gasteiger partial charge is 0.330 e. The fourth-order valence-electron chi connectivity index (χ4n) is 3.10. The molecule has 3 amide bonds. The Bertz CT molecular complexity index is 1010.